The lowest BCUT2D eigenvalue weighted by Crippen LogP contribution is -2.59. The van der Waals surface area contributed by atoms with E-state index in [4.69, 9.17) is 17.5 Å². The van der Waals surface area contributed by atoms with Gasteiger partial charge in [0.05, 0.1) is 0 Å². The van der Waals surface area contributed by atoms with Gasteiger partial charge in [0, 0.05) is 6.54 Å². The van der Waals surface area contributed by atoms with Crippen molar-refractivity contribution in [1.29, 1.82) is 0 Å². The fourth-order valence-corrected chi connectivity index (χ4v) is 5.20. The van der Waals surface area contributed by atoms with E-state index in [9.17, 15) is 19.2 Å². The third kappa shape index (κ3) is 3.89. The average molecular weight is 427 g/mol. The summed E-state index contributed by atoms with van der Waals surface area (Å²) in [6, 6.07) is -2.27. The van der Waals surface area contributed by atoms with Crippen molar-refractivity contribution in [2.45, 2.75) is 65.6 Å². The van der Waals surface area contributed by atoms with Crippen LogP contribution in [0.5, 0.6) is 0 Å². The monoisotopic (exact) mass is 426 g/mol. The van der Waals surface area contributed by atoms with E-state index in [1.54, 1.807) is 4.90 Å². The zero-order valence-electron chi connectivity index (χ0n) is 17.6. The van der Waals surface area contributed by atoms with Crippen molar-refractivity contribution in [2.75, 3.05) is 6.54 Å². The molecule has 3 aliphatic rings. The first kappa shape index (κ1) is 22.0. The topological polar surface area (TPSA) is 122 Å². The molecule has 0 aromatic rings. The Labute approximate surface area is 176 Å². The number of Topliss-reactive ketones (excluding diaryl/α,β-unsaturated/α-hetero) is 1. The van der Waals surface area contributed by atoms with E-state index in [0.29, 0.717) is 6.54 Å². The van der Waals surface area contributed by atoms with Gasteiger partial charge in [-0.1, -0.05) is 34.6 Å². The molecule has 1 saturated heterocycles. The second-order valence-electron chi connectivity index (χ2n) is 10.3. The summed E-state index contributed by atoms with van der Waals surface area (Å²) >= 11 is 5.87. The summed E-state index contributed by atoms with van der Waals surface area (Å²) in [4.78, 5) is 54.2. The van der Waals surface area contributed by atoms with E-state index in [1.807, 2.05) is 20.8 Å². The Morgan fingerprint density at radius 2 is 1.76 bits per heavy atom. The number of piperidine rings is 1. The summed E-state index contributed by atoms with van der Waals surface area (Å²) in [5.41, 5.74) is 4.66. The second-order valence-corrected chi connectivity index (χ2v) is 10.6. The Bertz CT molecular complexity index is 743. The number of rotatable bonds is 7. The van der Waals surface area contributed by atoms with E-state index < -0.39 is 41.1 Å². The highest BCUT2D eigenvalue weighted by Crippen LogP contribution is 2.65. The van der Waals surface area contributed by atoms with Crippen LogP contribution in [0, 0.1) is 28.6 Å². The zero-order chi connectivity index (χ0) is 21.9. The number of hydrogen-bond acceptors (Lipinski definition) is 5. The zero-order valence-corrected chi connectivity index (χ0v) is 18.4. The number of likely N-dealkylation sites (tertiary alicyclic amines) is 1. The molecule has 3 rings (SSSR count). The highest BCUT2D eigenvalue weighted by Gasteiger charge is 2.70. The van der Waals surface area contributed by atoms with E-state index in [0.717, 1.165) is 12.8 Å². The number of halogens is 1. The Morgan fingerprint density at radius 1 is 1.17 bits per heavy atom. The van der Waals surface area contributed by atoms with Gasteiger partial charge in [-0.15, -0.1) is 0 Å². The third-order valence-electron chi connectivity index (χ3n) is 6.90. The van der Waals surface area contributed by atoms with Crippen LogP contribution in [0.4, 0.5) is 0 Å². The van der Waals surface area contributed by atoms with Crippen molar-refractivity contribution < 1.29 is 19.2 Å². The Morgan fingerprint density at radius 3 is 2.21 bits per heavy atom. The molecule has 0 spiro atoms. The van der Waals surface area contributed by atoms with Gasteiger partial charge in [-0.05, 0) is 53.2 Å². The molecule has 2 saturated carbocycles. The number of fused-ring (bicyclic) bond motifs is 1. The maximum atomic E-state index is 13.3. The molecule has 1 unspecified atom stereocenters. The number of primary amides is 1. The van der Waals surface area contributed by atoms with Gasteiger partial charge >= 0.3 is 0 Å². The molecule has 8 nitrogen and oxygen atoms in total. The number of nitrogens with two attached hydrogens (primary N) is 1. The molecular formula is C20H31ClN4O4. The largest absolute Gasteiger partial charge is 0.363 e. The molecule has 9 heteroatoms. The molecule has 1 heterocycles. The van der Waals surface area contributed by atoms with Crippen molar-refractivity contribution >= 4 is 35.3 Å². The fourth-order valence-electron chi connectivity index (χ4n) is 4.78. The minimum atomic E-state index is -1.05. The molecule has 162 valence electrons. The molecule has 3 amide bonds. The summed E-state index contributed by atoms with van der Waals surface area (Å²) in [6.45, 7) is 10.3. The first-order valence-corrected chi connectivity index (χ1v) is 10.5. The predicted octanol–water partition coefficient (Wildman–Crippen LogP) is 0.577. The molecule has 2 aliphatic carbocycles. The summed E-state index contributed by atoms with van der Waals surface area (Å²) in [7, 11) is 0. The van der Waals surface area contributed by atoms with Crippen LogP contribution in [0.3, 0.4) is 0 Å². The smallest absolute Gasteiger partial charge is 0.287 e. The van der Waals surface area contributed by atoms with E-state index in [1.165, 1.54) is 0 Å². The molecule has 1 aliphatic heterocycles. The van der Waals surface area contributed by atoms with Crippen LogP contribution < -0.4 is 15.9 Å². The van der Waals surface area contributed by atoms with Gasteiger partial charge in [0.1, 0.15) is 18.1 Å². The van der Waals surface area contributed by atoms with Crippen LogP contribution in [-0.2, 0) is 19.2 Å². The molecule has 0 radical (unpaired) electrons. The summed E-state index contributed by atoms with van der Waals surface area (Å²) in [6.07, 6.45) is 1.52. The van der Waals surface area contributed by atoms with E-state index >= 15 is 0 Å². The minimum absolute atomic E-state index is 0.00549. The minimum Gasteiger partial charge on any atom is -0.363 e. The van der Waals surface area contributed by atoms with Gasteiger partial charge in [0.25, 0.3) is 5.91 Å². The Balaban J connectivity index is 1.83. The van der Waals surface area contributed by atoms with E-state index in [2.05, 4.69) is 24.0 Å². The molecular weight excluding hydrogens is 396 g/mol. The van der Waals surface area contributed by atoms with Crippen LogP contribution in [0.2, 0.25) is 0 Å². The number of amides is 3. The Hall–Kier alpha value is -1.67. The van der Waals surface area contributed by atoms with Gasteiger partial charge < -0.3 is 16.0 Å². The number of carbonyl (C=O) groups excluding carboxylic acids is 4. The highest BCUT2D eigenvalue weighted by atomic mass is 35.5. The standard InChI is InChI=1S/C20H31ClN4O4/c1-19(2,3)15(24-21)18(29)25-8-10-11(20(10,4)5)13(25)17(28)23-12(9-6-7-9)14(26)16(22)27/h9-13,15,24H,6-8H2,1-5H3,(H2,22,27)(H,23,28)/t10-,11-,12?,13-,15+/m0/s1. The number of nitrogens with one attached hydrogen (secondary N) is 2. The van der Waals surface area contributed by atoms with E-state index in [-0.39, 0.29) is 29.1 Å². The van der Waals surface area contributed by atoms with Gasteiger partial charge in [-0.3, -0.25) is 19.2 Å². The van der Waals surface area contributed by atoms with Gasteiger partial charge in [-0.25, -0.2) is 4.84 Å². The molecule has 3 fully saturated rings. The maximum Gasteiger partial charge on any atom is 0.287 e. The molecule has 0 aromatic carbocycles. The first-order valence-electron chi connectivity index (χ1n) is 10.1. The molecule has 4 N–H and O–H groups in total. The van der Waals surface area contributed by atoms with Crippen molar-refractivity contribution in [2.24, 2.45) is 34.3 Å². The Kier molecular flexibility index (Phi) is 5.49. The average Bonchev–Trinajstić information content (AvgIpc) is 3.46. The first-order chi connectivity index (χ1) is 13.3. The highest BCUT2D eigenvalue weighted by molar-refractivity contribution is 6.38. The van der Waals surface area contributed by atoms with Crippen LogP contribution in [0.1, 0.15) is 47.5 Å². The lowest BCUT2D eigenvalue weighted by atomic mass is 9.86. The molecule has 0 aromatic heterocycles. The normalized spacial score (nSPS) is 29.6. The lowest BCUT2D eigenvalue weighted by molar-refractivity contribution is -0.145. The van der Waals surface area contributed by atoms with Crippen molar-refractivity contribution in [1.82, 2.24) is 15.1 Å². The maximum absolute atomic E-state index is 13.3. The van der Waals surface area contributed by atoms with Crippen LogP contribution in [0.25, 0.3) is 0 Å². The quantitative estimate of drug-likeness (QED) is 0.406. The van der Waals surface area contributed by atoms with Gasteiger partial charge in [0.15, 0.2) is 0 Å². The number of ketones is 1. The van der Waals surface area contributed by atoms with Gasteiger partial charge in [-0.2, -0.15) is 0 Å². The number of nitrogens with zero attached hydrogens (tertiary/aromatic N) is 1. The summed E-state index contributed by atoms with van der Waals surface area (Å²) < 4.78 is 0. The van der Waals surface area contributed by atoms with Crippen molar-refractivity contribution in [3.8, 4) is 0 Å². The second kappa shape index (κ2) is 7.23. The third-order valence-corrected chi connectivity index (χ3v) is 7.12. The molecule has 5 atom stereocenters. The van der Waals surface area contributed by atoms with Crippen LogP contribution >= 0.6 is 11.8 Å². The molecule has 0 bridgehead atoms. The van der Waals surface area contributed by atoms with Crippen LogP contribution in [0.15, 0.2) is 0 Å². The molecule has 29 heavy (non-hydrogen) atoms. The lowest BCUT2D eigenvalue weighted by Gasteiger charge is -2.36. The summed E-state index contributed by atoms with van der Waals surface area (Å²) in [5, 5.41) is 2.74. The van der Waals surface area contributed by atoms with Gasteiger partial charge in [0.2, 0.25) is 17.6 Å². The SMILES string of the molecule is CC(C)(C)[C@H](NCl)C(=O)N1C[C@H]2[C@@H]([C@H]1C(=O)NC(C(=O)C(N)=O)C1CC1)C2(C)C. The summed E-state index contributed by atoms with van der Waals surface area (Å²) in [5.74, 6) is -2.32. The van der Waals surface area contributed by atoms with Crippen LogP contribution in [-0.4, -0.2) is 53.1 Å². The number of carbonyl (C=O) groups is 4. The number of hydrogen-bond donors (Lipinski definition) is 3. The fraction of sp³-hybridized carbons (Fsp3) is 0.800. The van der Waals surface area contributed by atoms with Crippen molar-refractivity contribution in [3.63, 3.8) is 0 Å². The van der Waals surface area contributed by atoms with Crippen molar-refractivity contribution in [3.05, 3.63) is 0 Å². The predicted molar refractivity (Wildman–Crippen MR) is 107 cm³/mol.